The summed E-state index contributed by atoms with van der Waals surface area (Å²) in [7, 11) is 1.64. The molecule has 1 fully saturated rings. The number of nitrogens with one attached hydrogen (secondary N) is 2. The van der Waals surface area contributed by atoms with E-state index in [-0.39, 0.29) is 12.4 Å². The Balaban J connectivity index is 1.48. The molecule has 0 amide bonds. The number of likely N-dealkylation sites (tertiary alicyclic amines) is 1. The van der Waals surface area contributed by atoms with Crippen molar-refractivity contribution < 1.29 is 17.9 Å². The molecule has 0 aliphatic carbocycles. The van der Waals surface area contributed by atoms with Gasteiger partial charge in [0, 0.05) is 38.4 Å². The van der Waals surface area contributed by atoms with Gasteiger partial charge in [0.2, 0.25) is 5.88 Å². The molecule has 0 bridgehead atoms. The van der Waals surface area contributed by atoms with Crippen molar-refractivity contribution >= 4 is 5.96 Å². The van der Waals surface area contributed by atoms with E-state index in [4.69, 9.17) is 4.74 Å². The number of ether oxygens (including phenoxy) is 1. The number of aliphatic imine (C=N–C) groups is 1. The van der Waals surface area contributed by atoms with Gasteiger partial charge in [-0.1, -0.05) is 30.3 Å². The van der Waals surface area contributed by atoms with Crippen LogP contribution in [-0.2, 0) is 19.6 Å². The molecule has 0 saturated carbocycles. The van der Waals surface area contributed by atoms with E-state index in [0.29, 0.717) is 18.1 Å². The fourth-order valence-electron chi connectivity index (χ4n) is 3.39. The van der Waals surface area contributed by atoms with Crippen LogP contribution in [0.5, 0.6) is 5.88 Å². The highest BCUT2D eigenvalue weighted by Gasteiger charge is 2.29. The lowest BCUT2D eigenvalue weighted by Gasteiger charge is -2.16. The van der Waals surface area contributed by atoms with Crippen molar-refractivity contribution in [3.8, 4) is 5.88 Å². The molecule has 2 aromatic rings. The van der Waals surface area contributed by atoms with Gasteiger partial charge in [-0.25, -0.2) is 4.98 Å². The minimum Gasteiger partial charge on any atom is -0.468 e. The van der Waals surface area contributed by atoms with Gasteiger partial charge < -0.3 is 15.4 Å². The number of pyridine rings is 1. The van der Waals surface area contributed by atoms with Crippen LogP contribution in [0, 0.1) is 0 Å². The van der Waals surface area contributed by atoms with Gasteiger partial charge >= 0.3 is 6.18 Å². The molecule has 0 spiro atoms. The topological polar surface area (TPSA) is 61.8 Å². The second-order valence-corrected chi connectivity index (χ2v) is 7.45. The summed E-state index contributed by atoms with van der Waals surface area (Å²) in [6, 6.07) is 11.8. The van der Waals surface area contributed by atoms with E-state index in [1.807, 2.05) is 0 Å². The van der Waals surface area contributed by atoms with Gasteiger partial charge in [-0.2, -0.15) is 13.2 Å². The molecule has 9 heteroatoms. The Kier molecular flexibility index (Phi) is 8.11. The molecule has 1 aromatic carbocycles. The first-order chi connectivity index (χ1) is 14.9. The highest BCUT2D eigenvalue weighted by Crippen LogP contribution is 2.20. The SMILES string of the molecule is CN=C(NCc1ccc(CN2CCCC2)cc1)NCc1cccnc1OCC(F)(F)F. The first-order valence-corrected chi connectivity index (χ1v) is 10.3. The normalized spacial score (nSPS) is 15.2. The number of guanidine groups is 1. The molecule has 0 unspecified atom stereocenters. The molecule has 1 aliphatic rings. The van der Waals surface area contributed by atoms with Gasteiger partial charge in [0.15, 0.2) is 12.6 Å². The number of benzene rings is 1. The van der Waals surface area contributed by atoms with Crippen molar-refractivity contribution in [2.24, 2.45) is 4.99 Å². The van der Waals surface area contributed by atoms with Gasteiger partial charge in [0.25, 0.3) is 0 Å². The molecule has 0 radical (unpaired) electrons. The van der Waals surface area contributed by atoms with Crippen LogP contribution < -0.4 is 15.4 Å². The molecule has 168 valence electrons. The second-order valence-electron chi connectivity index (χ2n) is 7.45. The van der Waals surface area contributed by atoms with E-state index in [1.54, 1.807) is 19.2 Å². The van der Waals surface area contributed by atoms with E-state index in [0.717, 1.165) is 12.1 Å². The van der Waals surface area contributed by atoms with E-state index < -0.39 is 12.8 Å². The maximum atomic E-state index is 12.4. The van der Waals surface area contributed by atoms with Crippen LogP contribution in [0.4, 0.5) is 13.2 Å². The summed E-state index contributed by atoms with van der Waals surface area (Å²) in [6.07, 6.45) is -0.453. The predicted molar refractivity (Wildman–Crippen MR) is 114 cm³/mol. The average molecular weight is 435 g/mol. The monoisotopic (exact) mass is 435 g/mol. The fraction of sp³-hybridized carbons (Fsp3) is 0.455. The zero-order valence-corrected chi connectivity index (χ0v) is 17.6. The Bertz CT molecular complexity index is 849. The molecule has 1 aliphatic heterocycles. The Morgan fingerprint density at radius 1 is 1.06 bits per heavy atom. The van der Waals surface area contributed by atoms with Gasteiger partial charge in [-0.3, -0.25) is 9.89 Å². The number of rotatable bonds is 8. The van der Waals surface area contributed by atoms with Gasteiger partial charge in [0.1, 0.15) is 0 Å². The zero-order chi connectivity index (χ0) is 22.1. The van der Waals surface area contributed by atoms with Crippen molar-refractivity contribution in [2.75, 3.05) is 26.7 Å². The molecule has 1 saturated heterocycles. The third kappa shape index (κ3) is 7.75. The zero-order valence-electron chi connectivity index (χ0n) is 17.6. The van der Waals surface area contributed by atoms with Crippen LogP contribution in [0.1, 0.15) is 29.5 Å². The van der Waals surface area contributed by atoms with E-state index in [1.165, 1.54) is 37.7 Å². The molecule has 3 rings (SSSR count). The highest BCUT2D eigenvalue weighted by atomic mass is 19.4. The second kappa shape index (κ2) is 11.0. The number of nitrogens with zero attached hydrogens (tertiary/aromatic N) is 3. The fourth-order valence-corrected chi connectivity index (χ4v) is 3.39. The Labute approximate surface area is 180 Å². The third-order valence-corrected chi connectivity index (χ3v) is 4.98. The largest absolute Gasteiger partial charge is 0.468 e. The van der Waals surface area contributed by atoms with Gasteiger partial charge in [-0.15, -0.1) is 0 Å². The molecule has 1 aromatic heterocycles. The summed E-state index contributed by atoms with van der Waals surface area (Å²) < 4.78 is 42.1. The summed E-state index contributed by atoms with van der Waals surface area (Å²) >= 11 is 0. The van der Waals surface area contributed by atoms with Crippen molar-refractivity contribution in [3.63, 3.8) is 0 Å². The van der Waals surface area contributed by atoms with Crippen molar-refractivity contribution in [1.29, 1.82) is 0 Å². The Morgan fingerprint density at radius 3 is 2.42 bits per heavy atom. The minimum atomic E-state index is -4.41. The van der Waals surface area contributed by atoms with Crippen LogP contribution >= 0.6 is 0 Å². The quantitative estimate of drug-likeness (QED) is 0.491. The van der Waals surface area contributed by atoms with Crippen molar-refractivity contribution in [1.82, 2.24) is 20.5 Å². The molecule has 0 atom stereocenters. The predicted octanol–water partition coefficient (Wildman–Crippen LogP) is 3.48. The van der Waals surface area contributed by atoms with Crippen LogP contribution in [0.25, 0.3) is 0 Å². The summed E-state index contributed by atoms with van der Waals surface area (Å²) in [5.41, 5.74) is 2.93. The maximum absolute atomic E-state index is 12.4. The third-order valence-electron chi connectivity index (χ3n) is 4.98. The lowest BCUT2D eigenvalue weighted by Crippen LogP contribution is -2.36. The van der Waals surface area contributed by atoms with Gasteiger partial charge in [-0.05, 0) is 43.1 Å². The van der Waals surface area contributed by atoms with E-state index in [2.05, 4.69) is 49.8 Å². The first-order valence-electron chi connectivity index (χ1n) is 10.3. The Hall–Kier alpha value is -2.81. The number of alkyl halides is 3. The average Bonchev–Trinajstić information content (AvgIpc) is 3.26. The summed E-state index contributed by atoms with van der Waals surface area (Å²) in [5, 5.41) is 6.30. The summed E-state index contributed by atoms with van der Waals surface area (Å²) in [6.45, 7) is 2.76. The standard InChI is InChI=1S/C22H28F3N5O/c1-26-21(29-14-19-5-4-10-27-20(19)31-16-22(23,24)25)28-13-17-6-8-18(9-7-17)15-30-11-2-3-12-30/h4-10H,2-3,11-16H2,1H3,(H2,26,28,29). The van der Waals surface area contributed by atoms with Crippen LogP contribution in [-0.4, -0.2) is 48.8 Å². The maximum Gasteiger partial charge on any atom is 0.422 e. The van der Waals surface area contributed by atoms with Crippen LogP contribution in [0.15, 0.2) is 47.6 Å². The first kappa shape index (κ1) is 22.9. The number of hydrogen-bond donors (Lipinski definition) is 2. The lowest BCUT2D eigenvalue weighted by molar-refractivity contribution is -0.154. The molecule has 2 N–H and O–H groups in total. The smallest absolute Gasteiger partial charge is 0.422 e. The van der Waals surface area contributed by atoms with E-state index in [9.17, 15) is 13.2 Å². The minimum absolute atomic E-state index is 0.0450. The number of halogens is 3. The summed E-state index contributed by atoms with van der Waals surface area (Å²) in [4.78, 5) is 10.5. The number of aromatic nitrogens is 1. The molecule has 6 nitrogen and oxygen atoms in total. The lowest BCUT2D eigenvalue weighted by atomic mass is 10.1. The van der Waals surface area contributed by atoms with Crippen LogP contribution in [0.2, 0.25) is 0 Å². The molecular formula is C22H28F3N5O. The molecule has 31 heavy (non-hydrogen) atoms. The number of hydrogen-bond acceptors (Lipinski definition) is 4. The molecular weight excluding hydrogens is 407 g/mol. The molecule has 2 heterocycles. The van der Waals surface area contributed by atoms with Crippen molar-refractivity contribution in [3.05, 3.63) is 59.3 Å². The van der Waals surface area contributed by atoms with E-state index >= 15 is 0 Å². The summed E-state index contributed by atoms with van der Waals surface area (Å²) in [5.74, 6) is 0.489. The van der Waals surface area contributed by atoms with Crippen molar-refractivity contribution in [2.45, 2.75) is 38.7 Å². The van der Waals surface area contributed by atoms with Gasteiger partial charge in [0.05, 0.1) is 0 Å². The highest BCUT2D eigenvalue weighted by molar-refractivity contribution is 5.79. The Morgan fingerprint density at radius 2 is 1.74 bits per heavy atom. The van der Waals surface area contributed by atoms with Crippen LogP contribution in [0.3, 0.4) is 0 Å².